The normalized spacial score (nSPS) is 11.1. The summed E-state index contributed by atoms with van der Waals surface area (Å²) in [6.07, 6.45) is 0. The van der Waals surface area contributed by atoms with Gasteiger partial charge in [-0.05, 0) is 42.0 Å². The summed E-state index contributed by atoms with van der Waals surface area (Å²) in [7, 11) is 0. The van der Waals surface area contributed by atoms with E-state index in [9.17, 15) is 4.39 Å². The Morgan fingerprint density at radius 3 is 2.64 bits per heavy atom. The first-order chi connectivity index (χ1) is 12.2. The topological polar surface area (TPSA) is 43.1 Å². The molecule has 0 unspecified atom stereocenters. The van der Waals surface area contributed by atoms with Gasteiger partial charge in [0, 0.05) is 16.3 Å². The Bertz CT molecular complexity index is 1030. The van der Waals surface area contributed by atoms with Crippen LogP contribution in [0.5, 0.6) is 0 Å². The van der Waals surface area contributed by atoms with Gasteiger partial charge >= 0.3 is 0 Å². The van der Waals surface area contributed by atoms with Gasteiger partial charge in [0.25, 0.3) is 0 Å². The van der Waals surface area contributed by atoms with Crippen molar-refractivity contribution in [2.45, 2.75) is 10.9 Å². The molecule has 0 radical (unpaired) electrons. The lowest BCUT2D eigenvalue weighted by molar-refractivity contribution is 0.626. The van der Waals surface area contributed by atoms with Crippen molar-refractivity contribution in [2.24, 2.45) is 0 Å². The average molecular weight is 371 g/mol. The Labute approximate surface area is 152 Å². The molecule has 0 saturated carbocycles. The lowest BCUT2D eigenvalue weighted by Gasteiger charge is -2.04. The number of hydrogen-bond acceptors (Lipinski definition) is 4. The quantitative estimate of drug-likeness (QED) is 0.480. The molecule has 0 aliphatic rings. The Kier molecular flexibility index (Phi) is 4.38. The molecule has 4 nitrogen and oxygen atoms in total. The second-order valence-electron chi connectivity index (χ2n) is 5.40. The summed E-state index contributed by atoms with van der Waals surface area (Å²) in [4.78, 5) is 0. The molecule has 0 bridgehead atoms. The maximum Gasteiger partial charge on any atom is 0.212 e. The number of benzene rings is 2. The predicted molar refractivity (Wildman–Crippen MR) is 97.2 cm³/mol. The van der Waals surface area contributed by atoms with Crippen LogP contribution >= 0.6 is 23.4 Å². The summed E-state index contributed by atoms with van der Waals surface area (Å²) in [5, 5.41) is 14.3. The minimum atomic E-state index is -0.243. The SMILES string of the molecule is Fc1cccc(CSc2nnc3ccc(-c4ccc(Cl)cc4)nn23)c1. The Balaban J connectivity index is 1.63. The van der Waals surface area contributed by atoms with E-state index in [4.69, 9.17) is 11.6 Å². The van der Waals surface area contributed by atoms with Gasteiger partial charge in [0.15, 0.2) is 5.65 Å². The minimum Gasteiger partial charge on any atom is -0.207 e. The van der Waals surface area contributed by atoms with E-state index in [0.717, 1.165) is 16.8 Å². The molecule has 2 aromatic heterocycles. The van der Waals surface area contributed by atoms with Crippen molar-refractivity contribution in [2.75, 3.05) is 0 Å². The molecule has 0 aliphatic heterocycles. The first kappa shape index (κ1) is 16.1. The zero-order chi connectivity index (χ0) is 17.2. The first-order valence-corrected chi connectivity index (χ1v) is 8.91. The van der Waals surface area contributed by atoms with Gasteiger partial charge in [-0.15, -0.1) is 10.2 Å². The van der Waals surface area contributed by atoms with Crippen LogP contribution in [0.3, 0.4) is 0 Å². The van der Waals surface area contributed by atoms with Crippen molar-refractivity contribution in [1.82, 2.24) is 19.8 Å². The zero-order valence-corrected chi connectivity index (χ0v) is 14.5. The number of fused-ring (bicyclic) bond motifs is 1. The largest absolute Gasteiger partial charge is 0.212 e. The third-order valence-corrected chi connectivity index (χ3v) is 4.87. The van der Waals surface area contributed by atoms with E-state index in [1.54, 1.807) is 10.6 Å². The third kappa shape index (κ3) is 3.50. The zero-order valence-electron chi connectivity index (χ0n) is 12.9. The average Bonchev–Trinajstić information content (AvgIpc) is 3.03. The highest BCUT2D eigenvalue weighted by atomic mass is 35.5. The summed E-state index contributed by atoms with van der Waals surface area (Å²) in [6, 6.07) is 17.8. The van der Waals surface area contributed by atoms with Crippen molar-refractivity contribution in [3.05, 3.63) is 77.1 Å². The van der Waals surface area contributed by atoms with Gasteiger partial charge in [-0.1, -0.05) is 47.6 Å². The van der Waals surface area contributed by atoms with Crippen LogP contribution in [0.4, 0.5) is 4.39 Å². The van der Waals surface area contributed by atoms with Crippen molar-refractivity contribution in [3.63, 3.8) is 0 Å². The number of hydrogen-bond donors (Lipinski definition) is 0. The van der Waals surface area contributed by atoms with Crippen LogP contribution in [0.1, 0.15) is 5.56 Å². The Morgan fingerprint density at radius 1 is 1.00 bits per heavy atom. The molecule has 0 aliphatic carbocycles. The molecule has 4 aromatic rings. The van der Waals surface area contributed by atoms with Crippen LogP contribution < -0.4 is 0 Å². The minimum absolute atomic E-state index is 0.243. The van der Waals surface area contributed by atoms with Crippen LogP contribution in [0.15, 0.2) is 65.8 Å². The second kappa shape index (κ2) is 6.82. The van der Waals surface area contributed by atoms with Crippen molar-refractivity contribution >= 4 is 29.0 Å². The fourth-order valence-corrected chi connectivity index (χ4v) is 3.36. The molecule has 7 heteroatoms. The molecule has 124 valence electrons. The molecule has 4 rings (SSSR count). The van der Waals surface area contributed by atoms with Gasteiger partial charge in [0.05, 0.1) is 5.69 Å². The fourth-order valence-electron chi connectivity index (χ4n) is 2.41. The summed E-state index contributed by atoms with van der Waals surface area (Å²) in [5.41, 5.74) is 3.31. The second-order valence-corrected chi connectivity index (χ2v) is 6.78. The van der Waals surface area contributed by atoms with E-state index in [0.29, 0.717) is 21.6 Å². The molecular weight excluding hydrogens is 359 g/mol. The van der Waals surface area contributed by atoms with E-state index in [1.165, 1.54) is 23.9 Å². The van der Waals surface area contributed by atoms with Gasteiger partial charge < -0.3 is 0 Å². The summed E-state index contributed by atoms with van der Waals surface area (Å²) in [6.45, 7) is 0. The van der Waals surface area contributed by atoms with Gasteiger partial charge in [0.2, 0.25) is 5.16 Å². The van der Waals surface area contributed by atoms with E-state index in [1.807, 2.05) is 42.5 Å². The van der Waals surface area contributed by atoms with Crippen LogP contribution in [0.25, 0.3) is 16.9 Å². The summed E-state index contributed by atoms with van der Waals surface area (Å²) >= 11 is 7.40. The van der Waals surface area contributed by atoms with Crippen LogP contribution in [0.2, 0.25) is 5.02 Å². The molecule has 2 aromatic carbocycles. The van der Waals surface area contributed by atoms with Crippen LogP contribution in [-0.4, -0.2) is 19.8 Å². The fraction of sp³-hybridized carbons (Fsp3) is 0.0556. The molecule has 0 N–H and O–H groups in total. The van der Waals surface area contributed by atoms with E-state index >= 15 is 0 Å². The van der Waals surface area contributed by atoms with Gasteiger partial charge in [-0.25, -0.2) is 4.39 Å². The molecule has 2 heterocycles. The number of thioether (sulfide) groups is 1. The van der Waals surface area contributed by atoms with Gasteiger partial charge in [-0.3, -0.25) is 0 Å². The Morgan fingerprint density at radius 2 is 1.84 bits per heavy atom. The van der Waals surface area contributed by atoms with Gasteiger partial charge in [-0.2, -0.15) is 9.61 Å². The predicted octanol–water partition coefficient (Wildman–Crippen LogP) is 4.88. The first-order valence-electron chi connectivity index (χ1n) is 7.55. The lowest BCUT2D eigenvalue weighted by atomic mass is 10.1. The third-order valence-electron chi connectivity index (χ3n) is 3.63. The van der Waals surface area contributed by atoms with Crippen molar-refractivity contribution in [1.29, 1.82) is 0 Å². The number of aromatic nitrogens is 4. The molecule has 0 fully saturated rings. The maximum atomic E-state index is 13.3. The molecule has 0 saturated heterocycles. The monoisotopic (exact) mass is 370 g/mol. The number of halogens is 2. The van der Waals surface area contributed by atoms with E-state index in [-0.39, 0.29) is 5.82 Å². The van der Waals surface area contributed by atoms with Crippen molar-refractivity contribution < 1.29 is 4.39 Å². The summed E-state index contributed by atoms with van der Waals surface area (Å²) in [5.74, 6) is 0.346. The van der Waals surface area contributed by atoms with E-state index < -0.39 is 0 Å². The highest BCUT2D eigenvalue weighted by molar-refractivity contribution is 7.98. The highest BCUT2D eigenvalue weighted by Gasteiger charge is 2.10. The molecular formula is C18H12ClFN4S. The Hall–Kier alpha value is -2.44. The summed E-state index contributed by atoms with van der Waals surface area (Å²) < 4.78 is 15.0. The highest BCUT2D eigenvalue weighted by Crippen LogP contribution is 2.24. The van der Waals surface area contributed by atoms with Crippen molar-refractivity contribution in [3.8, 4) is 11.3 Å². The lowest BCUT2D eigenvalue weighted by Crippen LogP contribution is -1.96. The standard InChI is InChI=1S/C18H12ClFN4S/c19-14-6-4-13(5-7-14)16-8-9-17-21-22-18(24(17)23-16)25-11-12-2-1-3-15(20)10-12/h1-10H,11H2. The smallest absolute Gasteiger partial charge is 0.207 e. The molecule has 25 heavy (non-hydrogen) atoms. The van der Waals surface area contributed by atoms with Crippen LogP contribution in [-0.2, 0) is 5.75 Å². The number of rotatable bonds is 4. The molecule has 0 atom stereocenters. The maximum absolute atomic E-state index is 13.3. The number of nitrogens with zero attached hydrogens (tertiary/aromatic N) is 4. The van der Waals surface area contributed by atoms with E-state index in [2.05, 4.69) is 15.3 Å². The van der Waals surface area contributed by atoms with Gasteiger partial charge in [0.1, 0.15) is 5.82 Å². The van der Waals surface area contributed by atoms with Crippen LogP contribution in [0, 0.1) is 5.82 Å². The molecule has 0 spiro atoms. The molecule has 0 amide bonds.